The van der Waals surface area contributed by atoms with E-state index in [1.165, 1.54) is 22.7 Å². The molecule has 0 saturated heterocycles. The smallest absolute Gasteiger partial charge is 0.308 e. The largest absolute Gasteiger partial charge is 0.325 e. The molecule has 1 aromatic carbocycles. The Morgan fingerprint density at radius 2 is 1.69 bits per heavy atom. The Morgan fingerprint density at radius 3 is 2.42 bits per heavy atom. The first-order chi connectivity index (χ1) is 12.6. The van der Waals surface area contributed by atoms with E-state index in [9.17, 15) is 9.59 Å². The number of anilines is 3. The van der Waals surface area contributed by atoms with Crippen LogP contribution in [0.25, 0.3) is 0 Å². The SMILES string of the molecule is Cc1csc(NC(=O)CCc2csc(NC(=O)Nc3ccccc3)n2)n1. The predicted octanol–water partition coefficient (Wildman–Crippen LogP) is 4.12. The highest BCUT2D eigenvalue weighted by Gasteiger charge is 2.10. The molecule has 0 spiro atoms. The van der Waals surface area contributed by atoms with Gasteiger partial charge in [-0.3, -0.25) is 10.1 Å². The van der Waals surface area contributed by atoms with Crippen molar-refractivity contribution in [1.82, 2.24) is 9.97 Å². The zero-order chi connectivity index (χ0) is 18.4. The van der Waals surface area contributed by atoms with Crippen LogP contribution in [-0.4, -0.2) is 21.9 Å². The van der Waals surface area contributed by atoms with E-state index in [2.05, 4.69) is 25.9 Å². The standard InChI is InChI=1S/C17H17N5O2S2/c1-11-9-25-16(18-11)21-14(23)8-7-13-10-26-17(20-13)22-15(24)19-12-5-3-2-4-6-12/h2-6,9-10H,7-8H2,1H3,(H,18,21,23)(H2,19,20,22,24). The van der Waals surface area contributed by atoms with Crippen LogP contribution in [0.3, 0.4) is 0 Å². The molecule has 26 heavy (non-hydrogen) atoms. The number of nitrogens with zero attached hydrogens (tertiary/aromatic N) is 2. The second-order valence-corrected chi connectivity index (χ2v) is 7.15. The van der Waals surface area contributed by atoms with Gasteiger partial charge in [-0.1, -0.05) is 18.2 Å². The number of hydrogen-bond acceptors (Lipinski definition) is 6. The number of nitrogens with one attached hydrogen (secondary N) is 3. The molecule has 0 saturated carbocycles. The van der Waals surface area contributed by atoms with Crippen LogP contribution in [0.2, 0.25) is 0 Å². The van der Waals surface area contributed by atoms with Gasteiger partial charge in [0, 0.05) is 22.9 Å². The number of carbonyl (C=O) groups excluding carboxylic acids is 2. The monoisotopic (exact) mass is 387 g/mol. The summed E-state index contributed by atoms with van der Waals surface area (Å²) in [6.07, 6.45) is 0.798. The van der Waals surface area contributed by atoms with Crippen molar-refractivity contribution in [1.29, 1.82) is 0 Å². The third-order valence-corrected chi connectivity index (χ3v) is 4.96. The third-order valence-electron chi connectivity index (χ3n) is 3.28. The van der Waals surface area contributed by atoms with E-state index in [1.54, 1.807) is 12.1 Å². The molecular formula is C17H17N5O2S2. The van der Waals surface area contributed by atoms with E-state index < -0.39 is 0 Å². The lowest BCUT2D eigenvalue weighted by Crippen LogP contribution is -2.19. The molecule has 134 valence electrons. The Balaban J connectivity index is 1.45. The molecule has 2 aromatic heterocycles. The van der Waals surface area contributed by atoms with Crippen molar-refractivity contribution < 1.29 is 9.59 Å². The molecule has 9 heteroatoms. The first-order valence-corrected chi connectivity index (χ1v) is 9.64. The predicted molar refractivity (Wildman–Crippen MR) is 105 cm³/mol. The number of para-hydroxylation sites is 1. The zero-order valence-corrected chi connectivity index (χ0v) is 15.6. The number of amides is 3. The first-order valence-electron chi connectivity index (χ1n) is 7.88. The second-order valence-electron chi connectivity index (χ2n) is 5.43. The average molecular weight is 387 g/mol. The highest BCUT2D eigenvalue weighted by atomic mass is 32.1. The molecule has 0 aliphatic heterocycles. The molecular weight excluding hydrogens is 370 g/mol. The van der Waals surface area contributed by atoms with Gasteiger partial charge in [0.05, 0.1) is 11.4 Å². The molecule has 3 amide bonds. The van der Waals surface area contributed by atoms with Crippen LogP contribution in [-0.2, 0) is 11.2 Å². The fraction of sp³-hybridized carbons (Fsp3) is 0.176. The zero-order valence-electron chi connectivity index (χ0n) is 14.0. The van der Waals surface area contributed by atoms with Crippen LogP contribution in [0.5, 0.6) is 0 Å². The maximum absolute atomic E-state index is 11.9. The number of hydrogen-bond donors (Lipinski definition) is 3. The Hall–Kier alpha value is -2.78. The molecule has 0 aliphatic carbocycles. The molecule has 7 nitrogen and oxygen atoms in total. The lowest BCUT2D eigenvalue weighted by Gasteiger charge is -2.04. The van der Waals surface area contributed by atoms with Crippen molar-refractivity contribution in [2.24, 2.45) is 0 Å². The van der Waals surface area contributed by atoms with Crippen LogP contribution in [0.15, 0.2) is 41.1 Å². The number of carbonyl (C=O) groups is 2. The molecule has 3 N–H and O–H groups in total. The van der Waals surface area contributed by atoms with Crippen LogP contribution in [0.1, 0.15) is 17.8 Å². The van der Waals surface area contributed by atoms with Gasteiger partial charge in [-0.15, -0.1) is 22.7 Å². The summed E-state index contributed by atoms with van der Waals surface area (Å²) < 4.78 is 0. The number of urea groups is 1. The third kappa shape index (κ3) is 5.36. The van der Waals surface area contributed by atoms with Crippen molar-refractivity contribution in [3.05, 3.63) is 52.5 Å². The first kappa shape index (κ1) is 18.0. The summed E-state index contributed by atoms with van der Waals surface area (Å²) >= 11 is 2.72. The summed E-state index contributed by atoms with van der Waals surface area (Å²) in [7, 11) is 0. The topological polar surface area (TPSA) is 96.0 Å². The van der Waals surface area contributed by atoms with Crippen LogP contribution in [0.4, 0.5) is 20.7 Å². The van der Waals surface area contributed by atoms with E-state index in [0.717, 1.165) is 11.4 Å². The van der Waals surface area contributed by atoms with Crippen molar-refractivity contribution in [2.45, 2.75) is 19.8 Å². The van der Waals surface area contributed by atoms with Gasteiger partial charge >= 0.3 is 6.03 Å². The number of rotatable bonds is 6. The molecule has 3 rings (SSSR count). The van der Waals surface area contributed by atoms with Crippen molar-refractivity contribution in [2.75, 3.05) is 16.0 Å². The van der Waals surface area contributed by atoms with Gasteiger partial charge in [0.15, 0.2) is 10.3 Å². The fourth-order valence-electron chi connectivity index (χ4n) is 2.09. The van der Waals surface area contributed by atoms with Gasteiger partial charge in [0.2, 0.25) is 5.91 Å². The number of aryl methyl sites for hydroxylation is 2. The average Bonchev–Trinajstić information content (AvgIpc) is 3.22. The summed E-state index contributed by atoms with van der Waals surface area (Å²) in [4.78, 5) is 32.4. The summed E-state index contributed by atoms with van der Waals surface area (Å²) in [5, 5.41) is 13.0. The Morgan fingerprint density at radius 1 is 0.962 bits per heavy atom. The second kappa shape index (κ2) is 8.54. The number of aromatic nitrogens is 2. The summed E-state index contributed by atoms with van der Waals surface area (Å²) in [5.74, 6) is -0.108. The van der Waals surface area contributed by atoms with E-state index >= 15 is 0 Å². The highest BCUT2D eigenvalue weighted by Crippen LogP contribution is 2.18. The van der Waals surface area contributed by atoms with Crippen LogP contribution >= 0.6 is 22.7 Å². The highest BCUT2D eigenvalue weighted by molar-refractivity contribution is 7.14. The van der Waals surface area contributed by atoms with E-state index in [4.69, 9.17) is 0 Å². The quantitative estimate of drug-likeness (QED) is 0.593. The van der Waals surface area contributed by atoms with Gasteiger partial charge in [-0.2, -0.15) is 0 Å². The summed E-state index contributed by atoms with van der Waals surface area (Å²) in [6, 6.07) is 8.81. The van der Waals surface area contributed by atoms with Crippen molar-refractivity contribution >= 4 is 50.6 Å². The van der Waals surface area contributed by atoms with Crippen LogP contribution in [0, 0.1) is 6.92 Å². The molecule has 0 fully saturated rings. The molecule has 0 atom stereocenters. The molecule has 0 radical (unpaired) electrons. The summed E-state index contributed by atoms with van der Waals surface area (Å²) in [5.41, 5.74) is 2.35. The van der Waals surface area contributed by atoms with E-state index in [1.807, 2.05) is 35.9 Å². The van der Waals surface area contributed by atoms with E-state index in [0.29, 0.717) is 28.8 Å². The van der Waals surface area contributed by atoms with Gasteiger partial charge in [0.1, 0.15) is 0 Å². The summed E-state index contributed by atoms with van der Waals surface area (Å²) in [6.45, 7) is 1.88. The molecule has 0 bridgehead atoms. The number of benzene rings is 1. The van der Waals surface area contributed by atoms with Crippen molar-refractivity contribution in [3.8, 4) is 0 Å². The maximum atomic E-state index is 11.9. The minimum Gasteiger partial charge on any atom is -0.308 e. The Kier molecular flexibility index (Phi) is 5.92. The fourth-order valence-corrected chi connectivity index (χ4v) is 3.54. The molecule has 0 unspecified atom stereocenters. The normalized spacial score (nSPS) is 10.3. The minimum absolute atomic E-state index is 0.108. The van der Waals surface area contributed by atoms with Crippen LogP contribution < -0.4 is 16.0 Å². The Bertz CT molecular complexity index is 891. The van der Waals surface area contributed by atoms with Gasteiger partial charge in [-0.25, -0.2) is 14.8 Å². The Labute approximate surface area is 158 Å². The number of thiazole rings is 2. The van der Waals surface area contributed by atoms with Gasteiger partial charge in [0.25, 0.3) is 0 Å². The molecule has 0 aliphatic rings. The lowest BCUT2D eigenvalue weighted by molar-refractivity contribution is -0.116. The van der Waals surface area contributed by atoms with Gasteiger partial charge < -0.3 is 10.6 Å². The lowest BCUT2D eigenvalue weighted by atomic mass is 10.2. The minimum atomic E-state index is -0.353. The van der Waals surface area contributed by atoms with Crippen molar-refractivity contribution in [3.63, 3.8) is 0 Å². The maximum Gasteiger partial charge on any atom is 0.325 e. The molecule has 3 aromatic rings. The molecule has 2 heterocycles. The van der Waals surface area contributed by atoms with E-state index in [-0.39, 0.29) is 11.9 Å². The van der Waals surface area contributed by atoms with Gasteiger partial charge in [-0.05, 0) is 25.5 Å².